The van der Waals surface area contributed by atoms with Crippen molar-refractivity contribution in [1.29, 1.82) is 0 Å². The zero-order chi connectivity index (χ0) is 19.6. The zero-order valence-corrected chi connectivity index (χ0v) is 16.3. The molecule has 9 heteroatoms. The van der Waals surface area contributed by atoms with Crippen LogP contribution in [0.4, 0.5) is 10.1 Å². The largest absolute Gasteiger partial charge is 0.494 e. The molecule has 0 aliphatic heterocycles. The number of nitrogens with one attached hydrogen (secondary N) is 1. The van der Waals surface area contributed by atoms with Crippen molar-refractivity contribution in [3.8, 4) is 11.6 Å². The van der Waals surface area contributed by atoms with Crippen LogP contribution >= 0.6 is 35.6 Å². The third-order valence-electron chi connectivity index (χ3n) is 3.70. The van der Waals surface area contributed by atoms with Crippen LogP contribution in [0.3, 0.4) is 0 Å². The van der Waals surface area contributed by atoms with Crippen molar-refractivity contribution in [1.82, 2.24) is 9.55 Å². The van der Waals surface area contributed by atoms with Crippen LogP contribution in [0.25, 0.3) is 5.69 Å². The van der Waals surface area contributed by atoms with Gasteiger partial charge in [0.05, 0.1) is 16.4 Å². The lowest BCUT2D eigenvalue weighted by Gasteiger charge is -2.11. The van der Waals surface area contributed by atoms with Crippen LogP contribution < -0.4 is 5.56 Å². The number of aromatic amines is 1. The van der Waals surface area contributed by atoms with E-state index in [1.165, 1.54) is 34.7 Å². The second-order valence-electron chi connectivity index (χ2n) is 5.36. The van der Waals surface area contributed by atoms with Gasteiger partial charge in [-0.1, -0.05) is 23.7 Å². The van der Waals surface area contributed by atoms with Gasteiger partial charge in [0, 0.05) is 11.1 Å². The topological polar surface area (TPSA) is 70.4 Å². The van der Waals surface area contributed by atoms with Gasteiger partial charge in [-0.25, -0.2) is 4.39 Å². The molecular weight excluding hydrogens is 409 g/mol. The van der Waals surface area contributed by atoms with Crippen molar-refractivity contribution < 1.29 is 9.50 Å². The lowest BCUT2D eigenvalue weighted by Crippen LogP contribution is -2.18. The molecule has 5 nitrogen and oxygen atoms in total. The standard InChI is InChI=1S/C18H13ClFN3O2S2/c1-27-15-5-3-2-4-14(15)21-9-11-16(24)22-18(26)23(17(11)25)10-6-7-13(20)12(19)8-10/h2-9,25H,1H3,(H,22,24,26). The highest BCUT2D eigenvalue weighted by Gasteiger charge is 2.14. The first kappa shape index (κ1) is 19.3. The predicted molar refractivity (Wildman–Crippen MR) is 109 cm³/mol. The van der Waals surface area contributed by atoms with Crippen molar-refractivity contribution in [2.75, 3.05) is 6.26 Å². The number of aromatic nitrogens is 2. The number of nitrogens with zero attached hydrogens (tertiary/aromatic N) is 2. The number of para-hydroxylation sites is 1. The van der Waals surface area contributed by atoms with Gasteiger partial charge in [-0.3, -0.25) is 19.3 Å². The molecule has 0 aliphatic carbocycles. The molecule has 27 heavy (non-hydrogen) atoms. The monoisotopic (exact) mass is 421 g/mol. The first-order valence-corrected chi connectivity index (χ1v) is 9.64. The van der Waals surface area contributed by atoms with E-state index in [4.69, 9.17) is 23.8 Å². The van der Waals surface area contributed by atoms with Gasteiger partial charge < -0.3 is 5.11 Å². The molecule has 3 rings (SSSR count). The lowest BCUT2D eigenvalue weighted by atomic mass is 10.2. The first-order valence-electron chi connectivity index (χ1n) is 7.63. The highest BCUT2D eigenvalue weighted by atomic mass is 35.5. The Morgan fingerprint density at radius 1 is 1.33 bits per heavy atom. The van der Waals surface area contributed by atoms with Crippen LogP contribution in [0.5, 0.6) is 5.88 Å². The van der Waals surface area contributed by atoms with Crippen molar-refractivity contribution in [3.05, 3.63) is 74.0 Å². The number of benzene rings is 2. The lowest BCUT2D eigenvalue weighted by molar-refractivity contribution is 0.432. The molecule has 0 fully saturated rings. The fourth-order valence-corrected chi connectivity index (χ4v) is 3.39. The second-order valence-corrected chi connectivity index (χ2v) is 7.00. The van der Waals surface area contributed by atoms with Gasteiger partial charge in [0.15, 0.2) is 4.77 Å². The van der Waals surface area contributed by atoms with Crippen LogP contribution in [0.2, 0.25) is 5.02 Å². The Bertz CT molecular complexity index is 1160. The maximum Gasteiger partial charge on any atom is 0.264 e. The quantitative estimate of drug-likeness (QED) is 0.358. The summed E-state index contributed by atoms with van der Waals surface area (Å²) in [5.41, 5.74) is 0.286. The molecule has 0 saturated carbocycles. The minimum atomic E-state index is -0.605. The summed E-state index contributed by atoms with van der Waals surface area (Å²) < 4.78 is 14.6. The number of H-pyrrole nitrogens is 1. The van der Waals surface area contributed by atoms with E-state index in [9.17, 15) is 14.3 Å². The highest BCUT2D eigenvalue weighted by molar-refractivity contribution is 7.98. The molecule has 1 heterocycles. The summed E-state index contributed by atoms with van der Waals surface area (Å²) in [7, 11) is 0. The highest BCUT2D eigenvalue weighted by Crippen LogP contribution is 2.28. The van der Waals surface area contributed by atoms with Crippen LogP contribution in [0.1, 0.15) is 5.56 Å². The minimum Gasteiger partial charge on any atom is -0.494 e. The van der Waals surface area contributed by atoms with Crippen molar-refractivity contribution >= 4 is 47.5 Å². The fourth-order valence-electron chi connectivity index (χ4n) is 2.39. The average molecular weight is 422 g/mol. The van der Waals surface area contributed by atoms with Crippen LogP contribution in [-0.4, -0.2) is 27.1 Å². The molecule has 0 amide bonds. The molecule has 0 atom stereocenters. The maximum absolute atomic E-state index is 13.4. The molecule has 0 aliphatic rings. The third-order valence-corrected chi connectivity index (χ3v) is 5.06. The summed E-state index contributed by atoms with van der Waals surface area (Å²) in [6.07, 6.45) is 3.18. The first-order chi connectivity index (χ1) is 12.9. The summed E-state index contributed by atoms with van der Waals surface area (Å²) >= 11 is 12.4. The van der Waals surface area contributed by atoms with Gasteiger partial charge in [-0.2, -0.15) is 0 Å². The molecule has 2 N–H and O–H groups in total. The van der Waals surface area contributed by atoms with E-state index in [0.29, 0.717) is 11.4 Å². The maximum atomic E-state index is 13.4. The molecule has 3 aromatic rings. The van der Waals surface area contributed by atoms with Gasteiger partial charge in [-0.05, 0) is 48.8 Å². The SMILES string of the molecule is CSc1ccccc1N=Cc1c(O)n(-c2ccc(F)c(Cl)c2)c(=S)[nH]c1=O. The Morgan fingerprint density at radius 2 is 2.07 bits per heavy atom. The number of hydrogen-bond donors (Lipinski definition) is 2. The van der Waals surface area contributed by atoms with E-state index in [1.807, 2.05) is 24.5 Å². The third kappa shape index (κ3) is 3.97. The molecule has 0 unspecified atom stereocenters. The summed E-state index contributed by atoms with van der Waals surface area (Å²) in [5.74, 6) is -1.02. The number of hydrogen-bond acceptors (Lipinski definition) is 5. The molecule has 0 radical (unpaired) electrons. The molecular formula is C18H13ClFN3O2S2. The molecule has 138 valence electrons. The van der Waals surface area contributed by atoms with E-state index >= 15 is 0 Å². The predicted octanol–water partition coefficient (Wildman–Crippen LogP) is 4.87. The van der Waals surface area contributed by atoms with Crippen molar-refractivity contribution in [2.45, 2.75) is 4.90 Å². The van der Waals surface area contributed by atoms with E-state index in [2.05, 4.69) is 9.98 Å². The number of aromatic hydroxyl groups is 1. The second kappa shape index (κ2) is 8.08. The van der Waals surface area contributed by atoms with Gasteiger partial charge in [0.25, 0.3) is 5.56 Å². The zero-order valence-electron chi connectivity index (χ0n) is 13.9. The van der Waals surface area contributed by atoms with Gasteiger partial charge >= 0.3 is 0 Å². The molecule has 2 aromatic carbocycles. The Labute approximate surface area is 168 Å². The normalized spacial score (nSPS) is 11.2. The van der Waals surface area contributed by atoms with Crippen molar-refractivity contribution in [2.24, 2.45) is 4.99 Å². The number of rotatable bonds is 4. The molecule has 0 saturated heterocycles. The van der Waals surface area contributed by atoms with Gasteiger partial charge in [0.1, 0.15) is 11.4 Å². The average Bonchev–Trinajstić information content (AvgIpc) is 2.64. The number of aliphatic imine (C=N–C) groups is 1. The Balaban J connectivity index is 2.15. The summed E-state index contributed by atoms with van der Waals surface area (Å²) in [5, 5.41) is 10.5. The molecule has 1 aromatic heterocycles. The van der Waals surface area contributed by atoms with E-state index in [1.54, 1.807) is 6.07 Å². The molecule has 0 spiro atoms. The smallest absolute Gasteiger partial charge is 0.264 e. The van der Waals surface area contributed by atoms with Gasteiger partial charge in [-0.15, -0.1) is 11.8 Å². The van der Waals surface area contributed by atoms with E-state index in [0.717, 1.165) is 11.0 Å². The van der Waals surface area contributed by atoms with E-state index in [-0.39, 0.29) is 15.4 Å². The van der Waals surface area contributed by atoms with E-state index < -0.39 is 17.3 Å². The van der Waals surface area contributed by atoms with Crippen LogP contribution in [-0.2, 0) is 0 Å². The number of thioether (sulfide) groups is 1. The minimum absolute atomic E-state index is 0.0539. The van der Waals surface area contributed by atoms with Crippen molar-refractivity contribution in [3.63, 3.8) is 0 Å². The Kier molecular flexibility index (Phi) is 5.79. The van der Waals surface area contributed by atoms with Crippen LogP contribution in [0, 0.1) is 10.6 Å². The Morgan fingerprint density at radius 3 is 2.78 bits per heavy atom. The van der Waals surface area contributed by atoms with Gasteiger partial charge in [0.2, 0.25) is 5.88 Å². The number of halogens is 2. The molecule has 0 bridgehead atoms. The Hall–Kier alpha value is -2.42. The summed E-state index contributed by atoms with van der Waals surface area (Å²) in [6.45, 7) is 0. The summed E-state index contributed by atoms with van der Waals surface area (Å²) in [6, 6.07) is 11.2. The van der Waals surface area contributed by atoms with Crippen LogP contribution in [0.15, 0.2) is 57.1 Å². The summed E-state index contributed by atoms with van der Waals surface area (Å²) in [4.78, 5) is 20.0. The fraction of sp³-hybridized carbons (Fsp3) is 0.0556.